The summed E-state index contributed by atoms with van der Waals surface area (Å²) < 4.78 is 38.8. The van der Waals surface area contributed by atoms with E-state index in [4.69, 9.17) is 32.8 Å². The van der Waals surface area contributed by atoms with Crippen molar-refractivity contribution in [1.29, 1.82) is 0 Å². The first kappa shape index (κ1) is 41.2. The molecule has 6 rings (SSSR count). The maximum Gasteiger partial charge on any atom is 0.335 e. The molecule has 0 bridgehead atoms. The van der Waals surface area contributed by atoms with Gasteiger partial charge in [0.1, 0.15) is 83.9 Å². The van der Waals surface area contributed by atoms with Crippen molar-refractivity contribution in [3.63, 3.8) is 0 Å². The Kier molecular flexibility index (Phi) is 11.9. The van der Waals surface area contributed by atoms with Crippen molar-refractivity contribution in [3.8, 4) is 40.1 Å². The van der Waals surface area contributed by atoms with E-state index in [-0.39, 0.29) is 11.3 Å². The van der Waals surface area contributed by atoms with Crippen molar-refractivity contribution in [1.82, 2.24) is 0 Å². The highest BCUT2D eigenvalue weighted by Gasteiger charge is 2.50. The third kappa shape index (κ3) is 7.41. The van der Waals surface area contributed by atoms with Crippen LogP contribution in [0.4, 0.5) is 0 Å². The maximum absolute atomic E-state index is 14.4. The number of ether oxygens (including phenoxy) is 6. The minimum absolute atomic E-state index is 0.0163. The quantitative estimate of drug-likeness (QED) is 0.0909. The molecule has 3 aliphatic heterocycles. The molecule has 0 aliphatic carbocycles. The minimum Gasteiger partial charge on any atom is -0.508 e. The molecule has 4 heterocycles. The van der Waals surface area contributed by atoms with Crippen molar-refractivity contribution in [2.75, 3.05) is 13.2 Å². The molecule has 15 unspecified atom stereocenters. The number of fused-ring (bicyclic) bond motifs is 1. The fourth-order valence-electron chi connectivity index (χ4n) is 6.22. The summed E-state index contributed by atoms with van der Waals surface area (Å²) in [5, 5.41) is 143. The molecule has 3 aliphatic rings. The minimum atomic E-state index is -2.20. The van der Waals surface area contributed by atoms with E-state index in [2.05, 4.69) is 0 Å². The third-order valence-electron chi connectivity index (χ3n) is 9.39. The highest BCUT2D eigenvalue weighted by atomic mass is 16.7. The fraction of sp³-hybridized carbons (Fsp3) is 0.515. The number of aliphatic hydroxyl groups is 11. The van der Waals surface area contributed by atoms with Crippen molar-refractivity contribution >= 4 is 16.9 Å². The fourth-order valence-corrected chi connectivity index (χ4v) is 6.22. The van der Waals surface area contributed by atoms with E-state index in [0.29, 0.717) is 0 Å². The van der Waals surface area contributed by atoms with Gasteiger partial charge in [0, 0.05) is 11.6 Å². The normalized spacial score (nSPS) is 36.2. The molecule has 2 aromatic carbocycles. The number of hydrogen-bond acceptors (Lipinski definition) is 22. The number of carboxylic acids is 1. The predicted octanol–water partition coefficient (Wildman–Crippen LogP) is -5.50. The summed E-state index contributed by atoms with van der Waals surface area (Å²) >= 11 is 0. The summed E-state index contributed by atoms with van der Waals surface area (Å²) in [5.41, 5.74) is -1.93. The highest BCUT2D eigenvalue weighted by Crippen LogP contribution is 2.47. The second kappa shape index (κ2) is 16.2. The largest absolute Gasteiger partial charge is 0.508 e. The predicted molar refractivity (Wildman–Crippen MR) is 175 cm³/mol. The Labute approximate surface area is 312 Å². The molecular weight excluding hydrogens is 764 g/mol. The number of carbonyl (C=O) groups is 1. The zero-order valence-corrected chi connectivity index (χ0v) is 28.4. The van der Waals surface area contributed by atoms with Gasteiger partial charge in [0.2, 0.25) is 35.8 Å². The summed E-state index contributed by atoms with van der Waals surface area (Å²) in [6.45, 7) is -1.81. The SMILES string of the molecule is O=C(O)C1OC(Oc2cc3oc(-c4ccc(O)cc4)c(OC4OC(CO)C(O)C(O)C4O)c(=O)c3c(O)c2OC2OC(CO)C(O)C(O)C2O)C(O)C(O)C1O. The van der Waals surface area contributed by atoms with Crippen molar-refractivity contribution in [2.45, 2.75) is 92.1 Å². The number of phenolic OH excluding ortho intramolecular Hbond substituents is 2. The van der Waals surface area contributed by atoms with Crippen LogP contribution >= 0.6 is 0 Å². The van der Waals surface area contributed by atoms with E-state index in [1.165, 1.54) is 24.3 Å². The van der Waals surface area contributed by atoms with Crippen molar-refractivity contribution in [2.24, 2.45) is 0 Å². The lowest BCUT2D eigenvalue weighted by atomic mass is 9.99. The van der Waals surface area contributed by atoms with Gasteiger partial charge in [-0.15, -0.1) is 0 Å². The molecule has 308 valence electrons. The summed E-state index contributed by atoms with van der Waals surface area (Å²) in [7, 11) is 0. The molecule has 15 atom stereocenters. The van der Waals surface area contributed by atoms with Crippen LogP contribution in [0.2, 0.25) is 0 Å². The Morgan fingerprint density at radius 2 is 1.11 bits per heavy atom. The smallest absolute Gasteiger partial charge is 0.335 e. The first-order valence-electron chi connectivity index (χ1n) is 16.7. The zero-order chi connectivity index (χ0) is 40.9. The van der Waals surface area contributed by atoms with Gasteiger partial charge in [0.15, 0.2) is 23.4 Å². The van der Waals surface area contributed by atoms with E-state index < -0.39 is 156 Å². The lowest BCUT2D eigenvalue weighted by Gasteiger charge is -2.40. The Hall–Kier alpha value is -4.44. The Bertz CT molecular complexity index is 1930. The summed E-state index contributed by atoms with van der Waals surface area (Å²) in [5.74, 6) is -6.48. The Morgan fingerprint density at radius 1 is 0.625 bits per heavy atom. The number of benzene rings is 2. The molecule has 23 heteroatoms. The van der Waals surface area contributed by atoms with E-state index in [1.54, 1.807) is 0 Å². The Balaban J connectivity index is 1.54. The van der Waals surface area contributed by atoms with Crippen LogP contribution in [0.3, 0.4) is 0 Å². The summed E-state index contributed by atoms with van der Waals surface area (Å²) in [4.78, 5) is 26.1. The number of phenols is 2. The standard InChI is InChI=1S/C33H38O23/c34-6-12-15(37)19(41)23(45)32(52-12)54-27-11(51-31-25(47)21(43)22(44)29(56-31)30(48)49)5-10-14(17(27)39)18(40)28(26(50-10)8-1-3-9(36)4-2-8)55-33-24(46)20(42)16(38)13(7-35)53-33/h1-5,12-13,15-16,19-25,29,31-39,41-47H,6-7H2,(H,48,49). The molecule has 14 N–H and O–H groups in total. The molecule has 3 saturated heterocycles. The summed E-state index contributed by atoms with van der Waals surface area (Å²) in [6, 6.07) is 5.61. The zero-order valence-electron chi connectivity index (χ0n) is 28.4. The summed E-state index contributed by atoms with van der Waals surface area (Å²) in [6.07, 6.45) is -30.0. The van der Waals surface area contributed by atoms with Crippen LogP contribution in [-0.4, -0.2) is 183 Å². The number of aliphatic hydroxyl groups excluding tert-OH is 11. The molecular formula is C33H38O23. The lowest BCUT2D eigenvalue weighted by Crippen LogP contribution is -2.61. The molecule has 1 aromatic heterocycles. The number of aliphatic carboxylic acids is 1. The number of aromatic hydroxyl groups is 2. The van der Waals surface area contributed by atoms with Crippen molar-refractivity contribution < 1.29 is 109 Å². The van der Waals surface area contributed by atoms with Crippen LogP contribution in [0, 0.1) is 0 Å². The first-order valence-corrected chi connectivity index (χ1v) is 16.7. The molecule has 0 spiro atoms. The van der Waals surface area contributed by atoms with Gasteiger partial charge in [-0.3, -0.25) is 4.79 Å². The lowest BCUT2D eigenvalue weighted by molar-refractivity contribution is -0.280. The van der Waals surface area contributed by atoms with Crippen LogP contribution in [0.1, 0.15) is 0 Å². The molecule has 0 radical (unpaired) electrons. The number of rotatable bonds is 10. The topological polar surface area (TPSA) is 386 Å². The van der Waals surface area contributed by atoms with Crippen LogP contribution in [0.15, 0.2) is 39.5 Å². The monoisotopic (exact) mass is 802 g/mol. The van der Waals surface area contributed by atoms with Gasteiger partial charge in [-0.05, 0) is 24.3 Å². The first-order chi connectivity index (χ1) is 26.5. The van der Waals surface area contributed by atoms with Gasteiger partial charge in [-0.25, -0.2) is 4.79 Å². The van der Waals surface area contributed by atoms with Gasteiger partial charge in [0.25, 0.3) is 0 Å². The van der Waals surface area contributed by atoms with E-state index in [1.807, 2.05) is 0 Å². The molecule has 3 aromatic rings. The second-order valence-corrected chi connectivity index (χ2v) is 13.0. The molecule has 0 amide bonds. The van der Waals surface area contributed by atoms with Crippen LogP contribution < -0.4 is 19.6 Å². The second-order valence-electron chi connectivity index (χ2n) is 13.0. The molecule has 23 nitrogen and oxygen atoms in total. The third-order valence-corrected chi connectivity index (χ3v) is 9.39. The van der Waals surface area contributed by atoms with Crippen LogP contribution in [-0.2, 0) is 19.0 Å². The maximum atomic E-state index is 14.4. The number of hydrogen-bond donors (Lipinski definition) is 14. The van der Waals surface area contributed by atoms with Gasteiger partial charge >= 0.3 is 5.97 Å². The Morgan fingerprint density at radius 3 is 1.61 bits per heavy atom. The van der Waals surface area contributed by atoms with E-state index >= 15 is 0 Å². The van der Waals surface area contributed by atoms with Gasteiger partial charge in [-0.2, -0.15) is 0 Å². The highest BCUT2D eigenvalue weighted by molar-refractivity contribution is 5.91. The van der Waals surface area contributed by atoms with Gasteiger partial charge < -0.3 is 104 Å². The van der Waals surface area contributed by atoms with Gasteiger partial charge in [0.05, 0.1) is 13.2 Å². The number of carboxylic acid groups (broad SMARTS) is 1. The average Bonchev–Trinajstić information content (AvgIpc) is 3.17. The average molecular weight is 803 g/mol. The van der Waals surface area contributed by atoms with Crippen LogP contribution in [0.25, 0.3) is 22.3 Å². The van der Waals surface area contributed by atoms with Crippen LogP contribution in [0.5, 0.6) is 28.7 Å². The molecule has 0 saturated carbocycles. The molecule has 56 heavy (non-hydrogen) atoms. The van der Waals surface area contributed by atoms with E-state index in [0.717, 1.165) is 6.07 Å². The van der Waals surface area contributed by atoms with Crippen molar-refractivity contribution in [3.05, 3.63) is 40.6 Å². The molecule has 3 fully saturated rings. The van der Waals surface area contributed by atoms with Gasteiger partial charge in [-0.1, -0.05) is 0 Å². The van der Waals surface area contributed by atoms with E-state index in [9.17, 15) is 81.1 Å².